The summed E-state index contributed by atoms with van der Waals surface area (Å²) < 4.78 is 5.10. The van der Waals surface area contributed by atoms with Gasteiger partial charge in [-0.05, 0) is 17.7 Å². The van der Waals surface area contributed by atoms with Crippen molar-refractivity contribution in [1.29, 1.82) is 0 Å². The quantitative estimate of drug-likeness (QED) is 0.841. The van der Waals surface area contributed by atoms with Gasteiger partial charge in [0.1, 0.15) is 17.4 Å². The van der Waals surface area contributed by atoms with Crippen molar-refractivity contribution in [2.24, 2.45) is 5.73 Å². The lowest BCUT2D eigenvalue weighted by molar-refractivity contribution is 0.414. The molecule has 4 N–H and O–H groups in total. The molecule has 0 aliphatic rings. The number of anilines is 1. The summed E-state index contributed by atoms with van der Waals surface area (Å²) in [7, 11) is 1.64. The molecular weight excluding hydrogens is 228 g/mol. The number of methoxy groups -OCH3 is 1. The van der Waals surface area contributed by atoms with E-state index in [2.05, 4.69) is 9.97 Å². The van der Waals surface area contributed by atoms with Crippen molar-refractivity contribution in [2.75, 3.05) is 12.8 Å². The molecule has 0 bridgehead atoms. The maximum atomic E-state index is 5.78. The van der Waals surface area contributed by atoms with Gasteiger partial charge in [0.05, 0.1) is 7.11 Å². The fourth-order valence-corrected chi connectivity index (χ4v) is 1.63. The second kappa shape index (κ2) is 5.46. The number of nitrogen functional groups attached to an aromatic ring is 1. The topological polar surface area (TPSA) is 87.0 Å². The van der Waals surface area contributed by atoms with Crippen LogP contribution in [0.15, 0.2) is 30.5 Å². The van der Waals surface area contributed by atoms with Gasteiger partial charge in [0, 0.05) is 24.7 Å². The Labute approximate surface area is 106 Å². The van der Waals surface area contributed by atoms with Crippen LogP contribution in [0, 0.1) is 0 Å². The molecule has 0 saturated heterocycles. The number of nitrogens with two attached hydrogens (primary N) is 2. The molecule has 18 heavy (non-hydrogen) atoms. The Kier molecular flexibility index (Phi) is 3.74. The first-order valence-corrected chi connectivity index (χ1v) is 5.66. The molecule has 0 amide bonds. The Bertz CT molecular complexity index is 525. The van der Waals surface area contributed by atoms with E-state index in [1.165, 1.54) is 0 Å². The van der Waals surface area contributed by atoms with E-state index in [4.69, 9.17) is 16.2 Å². The van der Waals surface area contributed by atoms with E-state index < -0.39 is 0 Å². The van der Waals surface area contributed by atoms with Crippen LogP contribution in [0.1, 0.15) is 17.0 Å². The number of ether oxygens (including phenoxy) is 1. The predicted octanol–water partition coefficient (Wildman–Crippen LogP) is 1.12. The lowest BCUT2D eigenvalue weighted by Crippen LogP contribution is -2.07. The zero-order chi connectivity index (χ0) is 13.0. The summed E-state index contributed by atoms with van der Waals surface area (Å²) in [4.78, 5) is 8.48. The summed E-state index contributed by atoms with van der Waals surface area (Å²) in [5.41, 5.74) is 13.2. The molecule has 1 heterocycles. The highest BCUT2D eigenvalue weighted by Gasteiger charge is 2.04. The van der Waals surface area contributed by atoms with Crippen LogP contribution in [-0.2, 0) is 13.0 Å². The van der Waals surface area contributed by atoms with Gasteiger partial charge in [0.25, 0.3) is 0 Å². The van der Waals surface area contributed by atoms with Gasteiger partial charge >= 0.3 is 0 Å². The van der Waals surface area contributed by atoms with E-state index in [-0.39, 0.29) is 0 Å². The summed E-state index contributed by atoms with van der Waals surface area (Å²) in [6.45, 7) is 0.356. The number of benzene rings is 1. The fourth-order valence-electron chi connectivity index (χ4n) is 1.63. The van der Waals surface area contributed by atoms with Gasteiger partial charge in [-0.3, -0.25) is 0 Å². The highest BCUT2D eigenvalue weighted by Crippen LogP contribution is 2.14. The van der Waals surface area contributed by atoms with Gasteiger partial charge in [0.15, 0.2) is 0 Å². The van der Waals surface area contributed by atoms with Crippen molar-refractivity contribution in [2.45, 2.75) is 13.0 Å². The first-order valence-electron chi connectivity index (χ1n) is 5.66. The van der Waals surface area contributed by atoms with Crippen LogP contribution < -0.4 is 16.2 Å². The van der Waals surface area contributed by atoms with Gasteiger partial charge in [-0.1, -0.05) is 12.1 Å². The zero-order valence-corrected chi connectivity index (χ0v) is 10.3. The van der Waals surface area contributed by atoms with Crippen molar-refractivity contribution in [3.8, 4) is 5.75 Å². The second-order valence-electron chi connectivity index (χ2n) is 3.93. The SMILES string of the molecule is COc1ccc(Cc2ncc(CN)c(N)n2)cc1. The van der Waals surface area contributed by atoms with Gasteiger partial charge < -0.3 is 16.2 Å². The third-order valence-corrected chi connectivity index (χ3v) is 2.69. The average molecular weight is 244 g/mol. The molecule has 0 radical (unpaired) electrons. The van der Waals surface area contributed by atoms with Crippen LogP contribution in [0.25, 0.3) is 0 Å². The molecule has 0 unspecified atom stereocenters. The highest BCUT2D eigenvalue weighted by molar-refractivity contribution is 5.38. The molecule has 0 fully saturated rings. The standard InChI is InChI=1S/C13H16N4O/c1-18-11-4-2-9(3-5-11)6-12-16-8-10(7-14)13(15)17-12/h2-5,8H,6-7,14H2,1H3,(H2,15,16,17). The molecule has 1 aromatic carbocycles. The third kappa shape index (κ3) is 2.75. The van der Waals surface area contributed by atoms with Crippen LogP contribution in [-0.4, -0.2) is 17.1 Å². The minimum Gasteiger partial charge on any atom is -0.497 e. The molecule has 2 aromatic rings. The van der Waals surface area contributed by atoms with E-state index in [0.29, 0.717) is 24.6 Å². The Morgan fingerprint density at radius 3 is 2.50 bits per heavy atom. The molecule has 5 nitrogen and oxygen atoms in total. The van der Waals surface area contributed by atoms with Crippen molar-refractivity contribution in [1.82, 2.24) is 9.97 Å². The van der Waals surface area contributed by atoms with Gasteiger partial charge in [-0.15, -0.1) is 0 Å². The first kappa shape index (κ1) is 12.3. The number of rotatable bonds is 4. The van der Waals surface area contributed by atoms with Gasteiger partial charge in [0.2, 0.25) is 0 Å². The summed E-state index contributed by atoms with van der Waals surface area (Å²) in [6.07, 6.45) is 2.32. The number of hydrogen-bond donors (Lipinski definition) is 2. The highest BCUT2D eigenvalue weighted by atomic mass is 16.5. The Balaban J connectivity index is 2.15. The second-order valence-corrected chi connectivity index (χ2v) is 3.93. The zero-order valence-electron chi connectivity index (χ0n) is 10.3. The number of nitrogens with zero attached hydrogens (tertiary/aromatic N) is 2. The van der Waals surface area contributed by atoms with Crippen molar-refractivity contribution in [3.05, 3.63) is 47.4 Å². The van der Waals surface area contributed by atoms with E-state index >= 15 is 0 Å². The van der Waals surface area contributed by atoms with Crippen LogP contribution >= 0.6 is 0 Å². The van der Waals surface area contributed by atoms with Crippen LogP contribution in [0.5, 0.6) is 5.75 Å². The molecule has 0 spiro atoms. The molecule has 2 rings (SSSR count). The summed E-state index contributed by atoms with van der Waals surface area (Å²) in [5.74, 6) is 1.98. The minimum absolute atomic E-state index is 0.356. The Hall–Kier alpha value is -2.14. The van der Waals surface area contributed by atoms with Crippen molar-refractivity contribution >= 4 is 5.82 Å². The van der Waals surface area contributed by atoms with E-state index in [0.717, 1.165) is 16.9 Å². The van der Waals surface area contributed by atoms with Gasteiger partial charge in [-0.2, -0.15) is 0 Å². The molecular formula is C13H16N4O. The lowest BCUT2D eigenvalue weighted by atomic mass is 10.1. The first-order chi connectivity index (χ1) is 8.72. The van der Waals surface area contributed by atoms with E-state index in [1.54, 1.807) is 13.3 Å². The van der Waals surface area contributed by atoms with Crippen LogP contribution in [0.4, 0.5) is 5.82 Å². The van der Waals surface area contributed by atoms with E-state index in [9.17, 15) is 0 Å². The van der Waals surface area contributed by atoms with Crippen LogP contribution in [0.2, 0.25) is 0 Å². The third-order valence-electron chi connectivity index (χ3n) is 2.69. The van der Waals surface area contributed by atoms with Gasteiger partial charge in [-0.25, -0.2) is 9.97 Å². The smallest absolute Gasteiger partial charge is 0.135 e. The summed E-state index contributed by atoms with van der Waals surface area (Å²) in [5, 5.41) is 0. The average Bonchev–Trinajstić information content (AvgIpc) is 2.40. The molecule has 0 aliphatic heterocycles. The molecule has 5 heteroatoms. The molecule has 94 valence electrons. The Morgan fingerprint density at radius 2 is 1.94 bits per heavy atom. The van der Waals surface area contributed by atoms with Crippen molar-refractivity contribution < 1.29 is 4.74 Å². The van der Waals surface area contributed by atoms with Crippen molar-refractivity contribution in [3.63, 3.8) is 0 Å². The lowest BCUT2D eigenvalue weighted by Gasteiger charge is -2.05. The normalized spacial score (nSPS) is 10.3. The molecule has 0 saturated carbocycles. The van der Waals surface area contributed by atoms with E-state index in [1.807, 2.05) is 24.3 Å². The fraction of sp³-hybridized carbons (Fsp3) is 0.231. The number of hydrogen-bond acceptors (Lipinski definition) is 5. The largest absolute Gasteiger partial charge is 0.497 e. The summed E-state index contributed by atoms with van der Waals surface area (Å²) >= 11 is 0. The predicted molar refractivity (Wildman–Crippen MR) is 70.1 cm³/mol. The van der Waals surface area contributed by atoms with Crippen LogP contribution in [0.3, 0.4) is 0 Å². The molecule has 0 aliphatic carbocycles. The Morgan fingerprint density at radius 1 is 1.22 bits per heavy atom. The maximum Gasteiger partial charge on any atom is 0.135 e. The minimum atomic E-state index is 0.356. The molecule has 1 aromatic heterocycles. The maximum absolute atomic E-state index is 5.78. The monoisotopic (exact) mass is 244 g/mol. The number of aromatic nitrogens is 2. The molecule has 0 atom stereocenters. The summed E-state index contributed by atoms with van der Waals surface area (Å²) in [6, 6.07) is 7.78.